The van der Waals surface area contributed by atoms with Gasteiger partial charge in [-0.1, -0.05) is 6.92 Å². The van der Waals surface area contributed by atoms with E-state index >= 15 is 0 Å². The summed E-state index contributed by atoms with van der Waals surface area (Å²) >= 11 is 1.66. The molecule has 0 fully saturated rings. The summed E-state index contributed by atoms with van der Waals surface area (Å²) in [6, 6.07) is 9.98. The topological polar surface area (TPSA) is 80.9 Å². The fourth-order valence-electron chi connectivity index (χ4n) is 3.17. The minimum absolute atomic E-state index is 0.196. The highest BCUT2D eigenvalue weighted by molar-refractivity contribution is 7.22. The lowest BCUT2D eigenvalue weighted by atomic mass is 10.1. The second-order valence-corrected chi connectivity index (χ2v) is 8.07. The van der Waals surface area contributed by atoms with Gasteiger partial charge in [-0.2, -0.15) is 0 Å². The van der Waals surface area contributed by atoms with Crippen LogP contribution in [0.1, 0.15) is 13.3 Å². The SMILES string of the molecule is COc1cc2cc(-c3cnc4ccc(NCCC(C)CO)nn34)sc2cc1OC. The van der Waals surface area contributed by atoms with Crippen molar-refractivity contribution in [2.24, 2.45) is 5.92 Å². The normalized spacial score (nSPS) is 12.4. The molecule has 8 heteroatoms. The average molecular weight is 413 g/mol. The predicted octanol–water partition coefficient (Wildman–Crippen LogP) is 4.06. The second kappa shape index (κ2) is 8.26. The molecule has 0 amide bonds. The number of benzene rings is 1. The fourth-order valence-corrected chi connectivity index (χ4v) is 4.23. The van der Waals surface area contributed by atoms with Crippen molar-refractivity contribution in [3.63, 3.8) is 0 Å². The number of thiophene rings is 1. The Bertz CT molecular complexity index is 1100. The van der Waals surface area contributed by atoms with Crippen molar-refractivity contribution in [3.8, 4) is 22.1 Å². The number of aromatic nitrogens is 3. The molecule has 0 radical (unpaired) electrons. The molecule has 0 aliphatic heterocycles. The first-order valence-corrected chi connectivity index (χ1v) is 10.3. The van der Waals surface area contributed by atoms with Crippen LogP contribution in [0.3, 0.4) is 0 Å². The van der Waals surface area contributed by atoms with Crippen LogP contribution in [0.2, 0.25) is 0 Å². The third kappa shape index (κ3) is 3.86. The Balaban J connectivity index is 1.67. The maximum atomic E-state index is 9.16. The summed E-state index contributed by atoms with van der Waals surface area (Å²) < 4.78 is 13.8. The molecule has 4 rings (SSSR count). The third-order valence-electron chi connectivity index (χ3n) is 4.89. The lowest BCUT2D eigenvalue weighted by Gasteiger charge is -2.09. The van der Waals surface area contributed by atoms with Gasteiger partial charge in [0.1, 0.15) is 11.5 Å². The van der Waals surface area contributed by atoms with Crippen LogP contribution >= 0.6 is 11.3 Å². The summed E-state index contributed by atoms with van der Waals surface area (Å²) in [5.74, 6) is 2.48. The molecule has 0 saturated carbocycles. The highest BCUT2D eigenvalue weighted by atomic mass is 32.1. The zero-order valence-corrected chi connectivity index (χ0v) is 17.5. The molecule has 4 aromatic rings. The number of rotatable bonds is 8. The molecule has 1 atom stereocenters. The maximum Gasteiger partial charge on any atom is 0.162 e. The lowest BCUT2D eigenvalue weighted by molar-refractivity contribution is 0.233. The van der Waals surface area contributed by atoms with Gasteiger partial charge < -0.3 is 19.9 Å². The summed E-state index contributed by atoms with van der Waals surface area (Å²) in [5, 5.41) is 18.3. The van der Waals surface area contributed by atoms with Gasteiger partial charge in [0.05, 0.1) is 25.3 Å². The smallest absolute Gasteiger partial charge is 0.162 e. The van der Waals surface area contributed by atoms with E-state index in [9.17, 15) is 0 Å². The summed E-state index contributed by atoms with van der Waals surface area (Å²) in [5.41, 5.74) is 1.73. The molecule has 1 aromatic carbocycles. The van der Waals surface area contributed by atoms with Crippen molar-refractivity contribution in [1.29, 1.82) is 0 Å². The molecule has 0 aliphatic carbocycles. The van der Waals surface area contributed by atoms with Gasteiger partial charge in [-0.15, -0.1) is 16.4 Å². The molecule has 7 nitrogen and oxygen atoms in total. The van der Waals surface area contributed by atoms with E-state index in [1.54, 1.807) is 25.6 Å². The number of fused-ring (bicyclic) bond motifs is 2. The molecule has 0 spiro atoms. The molecule has 0 aliphatic rings. The quantitative estimate of drug-likeness (QED) is 0.454. The van der Waals surface area contributed by atoms with Gasteiger partial charge in [-0.3, -0.25) is 0 Å². The summed E-state index contributed by atoms with van der Waals surface area (Å²) in [6.45, 7) is 2.98. The molecule has 29 heavy (non-hydrogen) atoms. The van der Waals surface area contributed by atoms with Gasteiger partial charge in [-0.25, -0.2) is 9.50 Å². The zero-order chi connectivity index (χ0) is 20.4. The van der Waals surface area contributed by atoms with E-state index in [0.717, 1.165) is 45.1 Å². The molecule has 3 heterocycles. The highest BCUT2D eigenvalue weighted by Crippen LogP contribution is 2.39. The van der Waals surface area contributed by atoms with Crippen molar-refractivity contribution in [3.05, 3.63) is 36.5 Å². The van der Waals surface area contributed by atoms with Gasteiger partial charge >= 0.3 is 0 Å². The molecule has 0 bridgehead atoms. The number of aliphatic hydroxyl groups is 1. The Hall–Kier alpha value is -2.84. The van der Waals surface area contributed by atoms with Crippen molar-refractivity contribution in [2.75, 3.05) is 32.7 Å². The van der Waals surface area contributed by atoms with Crippen molar-refractivity contribution < 1.29 is 14.6 Å². The number of methoxy groups -OCH3 is 2. The van der Waals surface area contributed by atoms with Gasteiger partial charge in [-0.05, 0) is 42.0 Å². The second-order valence-electron chi connectivity index (χ2n) is 6.99. The average Bonchev–Trinajstić information content (AvgIpc) is 3.35. The van der Waals surface area contributed by atoms with Crippen LogP contribution in [0.25, 0.3) is 26.3 Å². The van der Waals surface area contributed by atoms with Crippen molar-refractivity contribution in [1.82, 2.24) is 14.6 Å². The minimum atomic E-state index is 0.196. The highest BCUT2D eigenvalue weighted by Gasteiger charge is 2.14. The van der Waals surface area contributed by atoms with Crippen molar-refractivity contribution >= 4 is 32.9 Å². The van der Waals surface area contributed by atoms with Crippen molar-refractivity contribution in [2.45, 2.75) is 13.3 Å². The van der Waals surface area contributed by atoms with E-state index in [1.807, 2.05) is 41.9 Å². The first-order chi connectivity index (χ1) is 14.1. The Kier molecular flexibility index (Phi) is 5.55. The van der Waals surface area contributed by atoms with Crippen LogP contribution in [0.5, 0.6) is 11.5 Å². The van der Waals surface area contributed by atoms with E-state index < -0.39 is 0 Å². The predicted molar refractivity (Wildman–Crippen MR) is 116 cm³/mol. The number of hydrogen-bond acceptors (Lipinski definition) is 7. The van der Waals surface area contributed by atoms with Crippen LogP contribution in [0.4, 0.5) is 5.82 Å². The summed E-state index contributed by atoms with van der Waals surface area (Å²) in [4.78, 5) is 5.56. The molecular weight excluding hydrogens is 388 g/mol. The molecular formula is C21H24N4O3S. The number of anilines is 1. The number of nitrogens with zero attached hydrogens (tertiary/aromatic N) is 3. The Labute approximate surface area is 172 Å². The Morgan fingerprint density at radius 3 is 2.72 bits per heavy atom. The number of hydrogen-bond donors (Lipinski definition) is 2. The van der Waals surface area contributed by atoms with E-state index in [4.69, 9.17) is 19.7 Å². The van der Waals surface area contributed by atoms with Crippen LogP contribution in [-0.2, 0) is 0 Å². The van der Waals surface area contributed by atoms with Crippen LogP contribution in [0.15, 0.2) is 36.5 Å². The first kappa shape index (κ1) is 19.5. The van der Waals surface area contributed by atoms with E-state index in [0.29, 0.717) is 11.5 Å². The van der Waals surface area contributed by atoms with E-state index in [-0.39, 0.29) is 12.5 Å². The Morgan fingerprint density at radius 2 is 1.97 bits per heavy atom. The first-order valence-electron chi connectivity index (χ1n) is 9.48. The lowest BCUT2D eigenvalue weighted by Crippen LogP contribution is -2.11. The fraction of sp³-hybridized carbons (Fsp3) is 0.333. The number of ether oxygens (including phenoxy) is 2. The summed E-state index contributed by atoms with van der Waals surface area (Å²) in [6.07, 6.45) is 2.73. The maximum absolute atomic E-state index is 9.16. The van der Waals surface area contributed by atoms with Crippen LogP contribution in [-0.4, -0.2) is 47.1 Å². The molecule has 1 unspecified atom stereocenters. The number of imidazole rings is 1. The monoisotopic (exact) mass is 412 g/mol. The van der Waals surface area contributed by atoms with Crippen LogP contribution in [0, 0.1) is 5.92 Å². The van der Waals surface area contributed by atoms with Crippen LogP contribution < -0.4 is 14.8 Å². The standard InChI is InChI=1S/C21H24N4O3S/c1-13(12-26)6-7-22-20-4-5-21-23-11-15(25(21)24-20)19-9-14-8-16(27-2)17(28-3)10-18(14)29-19/h4-5,8-11,13,26H,6-7,12H2,1-3H3,(H,22,24). The number of nitrogens with one attached hydrogen (secondary N) is 1. The van der Waals surface area contributed by atoms with Gasteiger partial charge in [0, 0.05) is 23.9 Å². The largest absolute Gasteiger partial charge is 0.493 e. The summed E-state index contributed by atoms with van der Waals surface area (Å²) in [7, 11) is 3.28. The Morgan fingerprint density at radius 1 is 1.17 bits per heavy atom. The molecule has 0 saturated heterocycles. The molecule has 2 N–H and O–H groups in total. The van der Waals surface area contributed by atoms with E-state index in [2.05, 4.69) is 16.4 Å². The van der Waals surface area contributed by atoms with E-state index in [1.165, 1.54) is 0 Å². The molecule has 152 valence electrons. The van der Waals surface area contributed by atoms with Gasteiger partial charge in [0.2, 0.25) is 0 Å². The minimum Gasteiger partial charge on any atom is -0.493 e. The van der Waals surface area contributed by atoms with Gasteiger partial charge in [0.15, 0.2) is 17.1 Å². The molecule has 3 aromatic heterocycles. The zero-order valence-electron chi connectivity index (χ0n) is 16.7. The third-order valence-corrected chi connectivity index (χ3v) is 6.01. The van der Waals surface area contributed by atoms with Gasteiger partial charge in [0.25, 0.3) is 0 Å². The number of aliphatic hydroxyl groups excluding tert-OH is 1.